The summed E-state index contributed by atoms with van der Waals surface area (Å²) in [7, 11) is 0. The Morgan fingerprint density at radius 3 is 2.93 bits per heavy atom. The van der Waals surface area contributed by atoms with Crippen LogP contribution in [0, 0.1) is 5.92 Å². The second-order valence-corrected chi connectivity index (χ2v) is 4.36. The van der Waals surface area contributed by atoms with Gasteiger partial charge in [-0.3, -0.25) is 4.79 Å². The highest BCUT2D eigenvalue weighted by Crippen LogP contribution is 2.32. The van der Waals surface area contributed by atoms with E-state index in [2.05, 4.69) is 10.6 Å². The molecule has 1 aromatic rings. The van der Waals surface area contributed by atoms with E-state index in [1.165, 1.54) is 12.8 Å². The van der Waals surface area contributed by atoms with Crippen LogP contribution in [0.5, 0.6) is 0 Å². The highest BCUT2D eigenvalue weighted by Gasteiger charge is 2.31. The molecule has 1 amide bonds. The monoisotopic (exact) mass is 202 g/mol. The minimum Gasteiger partial charge on any atom is -0.324 e. The summed E-state index contributed by atoms with van der Waals surface area (Å²) in [5.41, 5.74) is 2.04. The quantitative estimate of drug-likeness (QED) is 0.783. The van der Waals surface area contributed by atoms with E-state index in [1.807, 2.05) is 24.3 Å². The van der Waals surface area contributed by atoms with Crippen LogP contribution >= 0.6 is 0 Å². The molecule has 3 nitrogen and oxygen atoms in total. The molecular weight excluding hydrogens is 188 g/mol. The summed E-state index contributed by atoms with van der Waals surface area (Å²) in [5.74, 6) is 0.877. The zero-order valence-electron chi connectivity index (χ0n) is 8.49. The summed E-state index contributed by atoms with van der Waals surface area (Å²) >= 11 is 0. The van der Waals surface area contributed by atoms with E-state index in [4.69, 9.17) is 0 Å². The number of hydrogen-bond donors (Lipinski definition) is 2. The number of anilines is 1. The van der Waals surface area contributed by atoms with Crippen LogP contribution in [0.4, 0.5) is 5.69 Å². The largest absolute Gasteiger partial charge is 0.324 e. The van der Waals surface area contributed by atoms with Crippen molar-refractivity contribution in [2.45, 2.75) is 18.9 Å². The Morgan fingerprint density at radius 2 is 2.13 bits per heavy atom. The molecule has 2 aliphatic rings. The third-order valence-electron chi connectivity index (χ3n) is 3.10. The van der Waals surface area contributed by atoms with Gasteiger partial charge in [-0.05, 0) is 31.4 Å². The fourth-order valence-electron chi connectivity index (χ4n) is 2.02. The average Bonchev–Trinajstić information content (AvgIpc) is 3.00. The zero-order valence-corrected chi connectivity index (χ0v) is 8.49. The fourth-order valence-corrected chi connectivity index (χ4v) is 2.02. The lowest BCUT2D eigenvalue weighted by molar-refractivity contribution is -0.117. The van der Waals surface area contributed by atoms with Gasteiger partial charge in [-0.1, -0.05) is 18.2 Å². The molecule has 0 aromatic heterocycles. The van der Waals surface area contributed by atoms with Crippen molar-refractivity contribution in [3.63, 3.8) is 0 Å². The molecule has 1 aliphatic heterocycles. The molecule has 0 bridgehead atoms. The number of nitrogens with one attached hydrogen (secondary N) is 2. The van der Waals surface area contributed by atoms with Crippen LogP contribution in [0.1, 0.15) is 24.4 Å². The van der Waals surface area contributed by atoms with Gasteiger partial charge in [0, 0.05) is 11.3 Å². The minimum atomic E-state index is -0.137. The van der Waals surface area contributed by atoms with Crippen molar-refractivity contribution in [2.75, 3.05) is 11.9 Å². The molecule has 0 radical (unpaired) electrons. The maximum Gasteiger partial charge on any atom is 0.246 e. The summed E-state index contributed by atoms with van der Waals surface area (Å²) in [6.07, 6.45) is 2.62. The van der Waals surface area contributed by atoms with E-state index in [9.17, 15) is 4.79 Å². The van der Waals surface area contributed by atoms with E-state index in [0.717, 1.165) is 23.7 Å². The molecule has 1 aliphatic carbocycles. The summed E-state index contributed by atoms with van der Waals surface area (Å²) in [5, 5.41) is 6.23. The van der Waals surface area contributed by atoms with Crippen LogP contribution < -0.4 is 10.6 Å². The molecule has 78 valence electrons. The van der Waals surface area contributed by atoms with Crippen molar-refractivity contribution < 1.29 is 4.79 Å². The van der Waals surface area contributed by atoms with Gasteiger partial charge >= 0.3 is 0 Å². The van der Waals surface area contributed by atoms with Crippen molar-refractivity contribution in [2.24, 2.45) is 5.92 Å². The zero-order chi connectivity index (χ0) is 10.3. The maximum atomic E-state index is 11.7. The predicted octanol–water partition coefficient (Wildman–Crippen LogP) is 1.68. The van der Waals surface area contributed by atoms with E-state index in [-0.39, 0.29) is 11.9 Å². The van der Waals surface area contributed by atoms with Crippen LogP contribution in [-0.2, 0) is 4.79 Å². The number of benzene rings is 1. The molecule has 1 saturated carbocycles. The van der Waals surface area contributed by atoms with Crippen molar-refractivity contribution in [3.8, 4) is 0 Å². The molecule has 3 heteroatoms. The number of fused-ring (bicyclic) bond motifs is 1. The molecule has 15 heavy (non-hydrogen) atoms. The van der Waals surface area contributed by atoms with Crippen LogP contribution in [0.3, 0.4) is 0 Å². The molecule has 0 spiro atoms. The molecule has 1 heterocycles. The Morgan fingerprint density at radius 1 is 1.33 bits per heavy atom. The highest BCUT2D eigenvalue weighted by molar-refractivity contribution is 6.02. The summed E-state index contributed by atoms with van der Waals surface area (Å²) in [4.78, 5) is 11.7. The maximum absolute atomic E-state index is 11.7. The van der Waals surface area contributed by atoms with Gasteiger partial charge < -0.3 is 10.6 Å². The molecule has 0 saturated heterocycles. The van der Waals surface area contributed by atoms with Gasteiger partial charge in [0.1, 0.15) is 6.04 Å². The standard InChI is InChI=1S/C12H14N2O/c15-12-11(13-7-8-5-6-8)9-3-1-2-4-10(9)14-12/h1-4,8,11,13H,5-7H2,(H,14,15). The lowest BCUT2D eigenvalue weighted by atomic mass is 10.1. The minimum absolute atomic E-state index is 0.0804. The first kappa shape index (κ1) is 8.92. The van der Waals surface area contributed by atoms with E-state index >= 15 is 0 Å². The molecule has 1 fully saturated rings. The van der Waals surface area contributed by atoms with E-state index in [1.54, 1.807) is 0 Å². The van der Waals surface area contributed by atoms with Crippen molar-refractivity contribution in [3.05, 3.63) is 29.8 Å². The Bertz CT molecular complexity index is 398. The van der Waals surface area contributed by atoms with Crippen molar-refractivity contribution in [1.82, 2.24) is 5.32 Å². The summed E-state index contributed by atoms with van der Waals surface area (Å²) < 4.78 is 0. The smallest absolute Gasteiger partial charge is 0.246 e. The van der Waals surface area contributed by atoms with Crippen LogP contribution in [0.25, 0.3) is 0 Å². The molecule has 1 atom stereocenters. The van der Waals surface area contributed by atoms with Gasteiger partial charge in [0.05, 0.1) is 0 Å². The number of rotatable bonds is 3. The fraction of sp³-hybridized carbons (Fsp3) is 0.417. The lowest BCUT2D eigenvalue weighted by Gasteiger charge is -2.10. The first-order valence-electron chi connectivity index (χ1n) is 5.48. The summed E-state index contributed by atoms with van der Waals surface area (Å²) in [6, 6.07) is 7.75. The Balaban J connectivity index is 1.78. The predicted molar refractivity (Wildman–Crippen MR) is 58.5 cm³/mol. The second kappa shape index (κ2) is 3.35. The molecule has 1 aromatic carbocycles. The molecule has 3 rings (SSSR count). The lowest BCUT2D eigenvalue weighted by Crippen LogP contribution is -2.29. The topological polar surface area (TPSA) is 41.1 Å². The molecular formula is C12H14N2O. The van der Waals surface area contributed by atoms with Crippen molar-refractivity contribution >= 4 is 11.6 Å². The van der Waals surface area contributed by atoms with E-state index in [0.29, 0.717) is 0 Å². The molecule has 2 N–H and O–H groups in total. The molecule has 1 unspecified atom stereocenters. The van der Waals surface area contributed by atoms with Gasteiger partial charge in [-0.15, -0.1) is 0 Å². The van der Waals surface area contributed by atoms with Gasteiger partial charge in [0.15, 0.2) is 0 Å². The van der Waals surface area contributed by atoms with Gasteiger partial charge in [-0.25, -0.2) is 0 Å². The van der Waals surface area contributed by atoms with Crippen molar-refractivity contribution in [1.29, 1.82) is 0 Å². The van der Waals surface area contributed by atoms with Crippen LogP contribution in [0.2, 0.25) is 0 Å². The van der Waals surface area contributed by atoms with Crippen LogP contribution in [-0.4, -0.2) is 12.5 Å². The number of carbonyl (C=O) groups excluding carboxylic acids is 1. The number of para-hydroxylation sites is 1. The highest BCUT2D eigenvalue weighted by atomic mass is 16.2. The van der Waals surface area contributed by atoms with Gasteiger partial charge in [-0.2, -0.15) is 0 Å². The van der Waals surface area contributed by atoms with Gasteiger partial charge in [0.25, 0.3) is 0 Å². The summed E-state index contributed by atoms with van der Waals surface area (Å²) in [6.45, 7) is 0.965. The normalized spacial score (nSPS) is 23.7. The second-order valence-electron chi connectivity index (χ2n) is 4.36. The van der Waals surface area contributed by atoms with E-state index < -0.39 is 0 Å². The third-order valence-corrected chi connectivity index (χ3v) is 3.10. The average molecular weight is 202 g/mol. The third kappa shape index (κ3) is 1.63. The Hall–Kier alpha value is -1.35. The first-order valence-corrected chi connectivity index (χ1v) is 5.48. The Kier molecular flexibility index (Phi) is 1.99. The Labute approximate surface area is 88.9 Å². The first-order chi connectivity index (χ1) is 7.34. The SMILES string of the molecule is O=C1Nc2ccccc2C1NCC1CC1. The van der Waals surface area contributed by atoms with Crippen LogP contribution in [0.15, 0.2) is 24.3 Å². The number of carbonyl (C=O) groups is 1. The number of amides is 1. The van der Waals surface area contributed by atoms with Gasteiger partial charge in [0.2, 0.25) is 5.91 Å². The number of hydrogen-bond acceptors (Lipinski definition) is 2.